The summed E-state index contributed by atoms with van der Waals surface area (Å²) in [6, 6.07) is 20.7. The molecule has 0 saturated carbocycles. The van der Waals surface area contributed by atoms with Crippen molar-refractivity contribution < 1.29 is 14.0 Å². The van der Waals surface area contributed by atoms with Gasteiger partial charge < -0.3 is 9.47 Å². The molecule has 118 valence electrons. The normalized spacial score (nSPS) is 12.7. The van der Waals surface area contributed by atoms with Crippen LogP contribution in [0.4, 0.5) is 0 Å². The molecule has 0 radical (unpaired) electrons. The summed E-state index contributed by atoms with van der Waals surface area (Å²) in [5.41, 5.74) is 3.56. The fraction of sp³-hybridized carbons (Fsp3) is 0.0952. The van der Waals surface area contributed by atoms with E-state index in [1.54, 1.807) is 0 Å². The van der Waals surface area contributed by atoms with Crippen LogP contribution in [0.5, 0.6) is 11.5 Å². The number of benzene rings is 2. The van der Waals surface area contributed by atoms with Crippen molar-refractivity contribution >= 4 is 12.2 Å². The van der Waals surface area contributed by atoms with Crippen LogP contribution in [0.15, 0.2) is 73.1 Å². The van der Waals surface area contributed by atoms with E-state index in [1.165, 1.54) is 5.56 Å². The molecule has 3 heteroatoms. The van der Waals surface area contributed by atoms with Gasteiger partial charge in [0.25, 0.3) is 0 Å². The zero-order chi connectivity index (χ0) is 16.2. The number of aromatic nitrogens is 1. The van der Waals surface area contributed by atoms with Crippen molar-refractivity contribution in [2.75, 3.05) is 6.79 Å². The Kier molecular flexibility index (Phi) is 3.98. The molecule has 1 aliphatic heterocycles. The summed E-state index contributed by atoms with van der Waals surface area (Å²) in [6.45, 7) is 1.19. The van der Waals surface area contributed by atoms with Crippen LogP contribution in [0, 0.1) is 0 Å². The van der Waals surface area contributed by atoms with Gasteiger partial charge in [-0.15, -0.1) is 0 Å². The molecule has 4 rings (SSSR count). The molecular formula is C21H18NO2+. The molecule has 1 aromatic heterocycles. The zero-order valence-corrected chi connectivity index (χ0v) is 13.3. The molecule has 0 fully saturated rings. The lowest BCUT2D eigenvalue weighted by atomic mass is 10.1. The standard InChI is InChI=1S/C21H18NO2/c1-2-4-19(5-3-1)15-22-12-10-17(11-13-22)6-7-18-8-9-20-21(14-18)24-16-23-20/h1-14H,15-16H2/q+1. The highest BCUT2D eigenvalue weighted by Gasteiger charge is 2.12. The summed E-state index contributed by atoms with van der Waals surface area (Å²) < 4.78 is 12.9. The van der Waals surface area contributed by atoms with Gasteiger partial charge in [0.1, 0.15) is 0 Å². The van der Waals surface area contributed by atoms with Crippen LogP contribution in [0.25, 0.3) is 12.2 Å². The quantitative estimate of drug-likeness (QED) is 0.681. The fourth-order valence-corrected chi connectivity index (χ4v) is 2.69. The topological polar surface area (TPSA) is 22.3 Å². The molecule has 3 aromatic rings. The zero-order valence-electron chi connectivity index (χ0n) is 13.3. The molecule has 0 bridgehead atoms. The molecule has 1 aliphatic rings. The van der Waals surface area contributed by atoms with Gasteiger partial charge >= 0.3 is 0 Å². The Morgan fingerprint density at radius 3 is 2.38 bits per heavy atom. The summed E-state index contributed by atoms with van der Waals surface area (Å²) in [5, 5.41) is 0. The first-order valence-corrected chi connectivity index (χ1v) is 7.98. The van der Waals surface area contributed by atoms with Gasteiger partial charge in [0, 0.05) is 17.7 Å². The van der Waals surface area contributed by atoms with Crippen molar-refractivity contribution in [3.05, 3.63) is 89.7 Å². The summed E-state index contributed by atoms with van der Waals surface area (Å²) >= 11 is 0. The Bertz CT molecular complexity index is 855. The molecule has 24 heavy (non-hydrogen) atoms. The molecule has 0 atom stereocenters. The Morgan fingerprint density at radius 1 is 0.792 bits per heavy atom. The minimum atomic E-state index is 0.308. The van der Waals surface area contributed by atoms with Crippen LogP contribution >= 0.6 is 0 Å². The highest BCUT2D eigenvalue weighted by Crippen LogP contribution is 2.32. The molecule has 2 aromatic carbocycles. The third-order valence-corrected chi connectivity index (χ3v) is 3.99. The van der Waals surface area contributed by atoms with Crippen molar-refractivity contribution in [3.8, 4) is 11.5 Å². The van der Waals surface area contributed by atoms with E-state index in [0.717, 1.165) is 29.2 Å². The number of hydrogen-bond donors (Lipinski definition) is 0. The monoisotopic (exact) mass is 316 g/mol. The average molecular weight is 316 g/mol. The molecule has 0 saturated heterocycles. The number of pyridine rings is 1. The lowest BCUT2D eigenvalue weighted by molar-refractivity contribution is -0.688. The van der Waals surface area contributed by atoms with E-state index in [1.807, 2.05) is 24.3 Å². The largest absolute Gasteiger partial charge is 0.454 e. The van der Waals surface area contributed by atoms with Gasteiger partial charge in [-0.2, -0.15) is 0 Å². The first-order valence-electron chi connectivity index (χ1n) is 7.98. The highest BCUT2D eigenvalue weighted by atomic mass is 16.7. The molecule has 0 unspecified atom stereocenters. The maximum absolute atomic E-state index is 5.40. The van der Waals surface area contributed by atoms with Gasteiger partial charge in [-0.25, -0.2) is 4.57 Å². The van der Waals surface area contributed by atoms with Crippen molar-refractivity contribution in [2.24, 2.45) is 0 Å². The van der Waals surface area contributed by atoms with Gasteiger partial charge in [0.2, 0.25) is 6.79 Å². The number of rotatable bonds is 4. The number of hydrogen-bond acceptors (Lipinski definition) is 2. The number of fused-ring (bicyclic) bond motifs is 1. The van der Waals surface area contributed by atoms with E-state index in [4.69, 9.17) is 9.47 Å². The Hall–Kier alpha value is -3.07. The first kappa shape index (κ1) is 14.5. The van der Waals surface area contributed by atoms with Gasteiger partial charge in [0.15, 0.2) is 30.4 Å². The third-order valence-electron chi connectivity index (χ3n) is 3.99. The SMILES string of the molecule is C(=Cc1ccc2c(c1)OCO2)c1cc[n+](Cc2ccccc2)cc1. The van der Waals surface area contributed by atoms with E-state index in [-0.39, 0.29) is 0 Å². The maximum atomic E-state index is 5.40. The van der Waals surface area contributed by atoms with E-state index in [9.17, 15) is 0 Å². The van der Waals surface area contributed by atoms with Crippen molar-refractivity contribution in [3.63, 3.8) is 0 Å². The minimum absolute atomic E-state index is 0.308. The first-order chi connectivity index (χ1) is 11.9. The van der Waals surface area contributed by atoms with E-state index < -0.39 is 0 Å². The van der Waals surface area contributed by atoms with Crippen LogP contribution < -0.4 is 14.0 Å². The van der Waals surface area contributed by atoms with Crippen LogP contribution in [0.2, 0.25) is 0 Å². The molecule has 2 heterocycles. The van der Waals surface area contributed by atoms with Crippen LogP contribution in [-0.2, 0) is 6.54 Å². The van der Waals surface area contributed by atoms with E-state index >= 15 is 0 Å². The highest BCUT2D eigenvalue weighted by molar-refractivity contribution is 5.70. The molecule has 3 nitrogen and oxygen atoms in total. The van der Waals surface area contributed by atoms with E-state index in [2.05, 4.69) is 65.5 Å². The minimum Gasteiger partial charge on any atom is -0.454 e. The predicted octanol–water partition coefficient (Wildman–Crippen LogP) is 3.92. The predicted molar refractivity (Wildman–Crippen MR) is 93.7 cm³/mol. The Morgan fingerprint density at radius 2 is 1.54 bits per heavy atom. The summed E-state index contributed by atoms with van der Waals surface area (Å²) in [7, 11) is 0. The fourth-order valence-electron chi connectivity index (χ4n) is 2.69. The molecular weight excluding hydrogens is 298 g/mol. The van der Waals surface area contributed by atoms with Gasteiger partial charge in [0.05, 0.1) is 0 Å². The number of nitrogens with zero attached hydrogens (tertiary/aromatic N) is 1. The van der Waals surface area contributed by atoms with Gasteiger partial charge in [-0.05, 0) is 23.3 Å². The molecule has 0 aliphatic carbocycles. The second kappa shape index (κ2) is 6.59. The van der Waals surface area contributed by atoms with Crippen LogP contribution in [0.1, 0.15) is 16.7 Å². The summed E-state index contributed by atoms with van der Waals surface area (Å²) in [5.74, 6) is 1.62. The van der Waals surface area contributed by atoms with Gasteiger partial charge in [-0.1, -0.05) is 48.6 Å². The molecule has 0 spiro atoms. The Balaban J connectivity index is 1.45. The second-order valence-corrected chi connectivity index (χ2v) is 5.74. The maximum Gasteiger partial charge on any atom is 0.231 e. The van der Waals surface area contributed by atoms with Gasteiger partial charge in [-0.3, -0.25) is 0 Å². The lowest BCUT2D eigenvalue weighted by Crippen LogP contribution is -2.32. The smallest absolute Gasteiger partial charge is 0.231 e. The summed E-state index contributed by atoms with van der Waals surface area (Å²) in [6.07, 6.45) is 8.39. The summed E-state index contributed by atoms with van der Waals surface area (Å²) in [4.78, 5) is 0. The lowest BCUT2D eigenvalue weighted by Gasteiger charge is -1.99. The molecule has 0 amide bonds. The third kappa shape index (κ3) is 3.30. The van der Waals surface area contributed by atoms with Crippen molar-refractivity contribution in [2.45, 2.75) is 6.54 Å². The average Bonchev–Trinajstić information content (AvgIpc) is 3.10. The van der Waals surface area contributed by atoms with E-state index in [0.29, 0.717) is 6.79 Å². The van der Waals surface area contributed by atoms with Crippen molar-refractivity contribution in [1.82, 2.24) is 0 Å². The molecule has 0 N–H and O–H groups in total. The van der Waals surface area contributed by atoms with Crippen molar-refractivity contribution in [1.29, 1.82) is 0 Å². The number of ether oxygens (including phenoxy) is 2. The second-order valence-electron chi connectivity index (χ2n) is 5.74. The van der Waals surface area contributed by atoms with Crippen LogP contribution in [-0.4, -0.2) is 6.79 Å². The van der Waals surface area contributed by atoms with Crippen LogP contribution in [0.3, 0.4) is 0 Å². The Labute approximate surface area is 141 Å².